The summed E-state index contributed by atoms with van der Waals surface area (Å²) in [4.78, 5) is 1.10. The van der Waals surface area contributed by atoms with Gasteiger partial charge in [0.1, 0.15) is 0 Å². The Balaban J connectivity index is 2.88. The van der Waals surface area contributed by atoms with E-state index < -0.39 is 0 Å². The molecule has 1 heterocycles. The van der Waals surface area contributed by atoms with Gasteiger partial charge in [0, 0.05) is 25.7 Å². The van der Waals surface area contributed by atoms with E-state index in [1.165, 1.54) is 21.2 Å². The van der Waals surface area contributed by atoms with E-state index in [0.717, 1.165) is 10.2 Å². The Morgan fingerprint density at radius 2 is 2.23 bits per heavy atom. The molecule has 1 aromatic carbocycles. The zero-order valence-corrected chi connectivity index (χ0v) is 10.5. The third-order valence-corrected chi connectivity index (χ3v) is 4.38. The maximum atomic E-state index is 4.46. The van der Waals surface area contributed by atoms with E-state index in [0.29, 0.717) is 0 Å². The van der Waals surface area contributed by atoms with E-state index in [1.807, 2.05) is 0 Å². The second kappa shape index (κ2) is 3.64. The van der Waals surface area contributed by atoms with Crippen LogP contribution in [0.1, 0.15) is 11.1 Å². The van der Waals surface area contributed by atoms with Crippen molar-refractivity contribution >= 4 is 50.0 Å². The number of aryl methyl sites for hydroxylation is 1. The number of halogens is 1. The molecule has 0 fully saturated rings. The molecule has 68 valence electrons. The zero-order valence-electron chi connectivity index (χ0n) is 7.17. The average molecular weight is 273 g/mol. The normalized spacial score (nSPS) is 11.0. The highest BCUT2D eigenvalue weighted by Crippen LogP contribution is 2.34. The molecule has 2 rings (SSSR count). The Kier molecular flexibility index (Phi) is 2.67. The molecule has 0 aliphatic carbocycles. The minimum Gasteiger partial charge on any atom is -0.142 e. The van der Waals surface area contributed by atoms with Gasteiger partial charge in [-0.1, -0.05) is 28.1 Å². The monoisotopic (exact) mass is 272 g/mol. The van der Waals surface area contributed by atoms with Crippen molar-refractivity contribution in [3.8, 4) is 0 Å². The molecule has 0 saturated heterocycles. The number of hydrogen-bond donors (Lipinski definition) is 1. The van der Waals surface area contributed by atoms with Crippen LogP contribution in [0, 0.1) is 6.92 Å². The van der Waals surface area contributed by atoms with Gasteiger partial charge in [0.15, 0.2) is 0 Å². The number of thiol groups is 1. The van der Waals surface area contributed by atoms with E-state index in [1.54, 1.807) is 11.3 Å². The molecule has 0 unspecified atom stereocenters. The van der Waals surface area contributed by atoms with Crippen LogP contribution in [0.25, 0.3) is 10.1 Å². The van der Waals surface area contributed by atoms with Crippen molar-refractivity contribution in [3.05, 3.63) is 28.6 Å². The second-order valence-electron chi connectivity index (χ2n) is 3.00. The quantitative estimate of drug-likeness (QED) is 0.578. The topological polar surface area (TPSA) is 0 Å². The lowest BCUT2D eigenvalue weighted by Crippen LogP contribution is -1.81. The maximum Gasteiger partial charge on any atom is 0.0386 e. The van der Waals surface area contributed by atoms with E-state index in [-0.39, 0.29) is 0 Å². The molecule has 2 aromatic rings. The van der Waals surface area contributed by atoms with Crippen molar-refractivity contribution in [3.63, 3.8) is 0 Å². The Bertz CT molecular complexity index is 445. The summed E-state index contributed by atoms with van der Waals surface area (Å²) in [5.74, 6) is 0. The van der Waals surface area contributed by atoms with Gasteiger partial charge < -0.3 is 0 Å². The summed E-state index contributed by atoms with van der Waals surface area (Å²) in [6.45, 7) is 2.14. The molecule has 0 saturated carbocycles. The first-order valence-corrected chi connectivity index (χ1v) is 6.43. The maximum absolute atomic E-state index is 4.46. The van der Waals surface area contributed by atoms with Crippen LogP contribution in [0.2, 0.25) is 0 Å². The predicted octanol–water partition coefficient (Wildman–Crippen LogP) is 4.39. The van der Waals surface area contributed by atoms with Gasteiger partial charge in [0.05, 0.1) is 0 Å². The van der Waals surface area contributed by atoms with Crippen LogP contribution in [0.4, 0.5) is 0 Å². The largest absolute Gasteiger partial charge is 0.142 e. The molecule has 0 nitrogen and oxygen atoms in total. The van der Waals surface area contributed by atoms with Crippen molar-refractivity contribution in [2.45, 2.75) is 17.1 Å². The molecule has 0 aliphatic rings. The highest BCUT2D eigenvalue weighted by Gasteiger charge is 2.07. The van der Waals surface area contributed by atoms with Crippen LogP contribution in [0.15, 0.2) is 22.4 Å². The average Bonchev–Trinajstić information content (AvgIpc) is 2.51. The third-order valence-electron chi connectivity index (χ3n) is 2.13. The van der Waals surface area contributed by atoms with Gasteiger partial charge in [0.2, 0.25) is 0 Å². The number of fused-ring (bicyclic) bond motifs is 1. The van der Waals surface area contributed by atoms with E-state index in [4.69, 9.17) is 0 Å². The van der Waals surface area contributed by atoms with Crippen LogP contribution in [-0.4, -0.2) is 0 Å². The molecular formula is C10H9BrS2. The Morgan fingerprint density at radius 3 is 2.92 bits per heavy atom. The van der Waals surface area contributed by atoms with Gasteiger partial charge in [-0.2, -0.15) is 0 Å². The number of thiophene rings is 1. The fourth-order valence-corrected chi connectivity index (χ4v) is 3.36. The molecule has 0 radical (unpaired) electrons. The SMILES string of the molecule is Cc1ccc(CBr)c2c(S)csc12. The molecule has 0 atom stereocenters. The molecule has 0 amide bonds. The third kappa shape index (κ3) is 1.53. The highest BCUT2D eigenvalue weighted by atomic mass is 79.9. The zero-order chi connectivity index (χ0) is 9.42. The Labute approximate surface area is 95.5 Å². The molecule has 0 spiro atoms. The lowest BCUT2D eigenvalue weighted by molar-refractivity contribution is 1.43. The van der Waals surface area contributed by atoms with E-state index in [9.17, 15) is 0 Å². The summed E-state index contributed by atoms with van der Waals surface area (Å²) in [5, 5.41) is 4.31. The van der Waals surface area contributed by atoms with Crippen LogP contribution in [0.3, 0.4) is 0 Å². The standard InChI is InChI=1S/C10H9BrS2/c1-6-2-3-7(4-11)9-8(12)5-13-10(6)9/h2-3,5,12H,4H2,1H3. The summed E-state index contributed by atoms with van der Waals surface area (Å²) in [5.41, 5.74) is 2.66. The van der Waals surface area contributed by atoms with Crippen LogP contribution in [0.5, 0.6) is 0 Å². The van der Waals surface area contributed by atoms with E-state index in [2.05, 4.69) is 53.0 Å². The minimum atomic E-state index is 0.897. The van der Waals surface area contributed by atoms with Crippen molar-refractivity contribution in [1.82, 2.24) is 0 Å². The molecule has 0 aliphatic heterocycles. The Morgan fingerprint density at radius 1 is 1.46 bits per heavy atom. The van der Waals surface area contributed by atoms with Gasteiger partial charge >= 0.3 is 0 Å². The van der Waals surface area contributed by atoms with Crippen LogP contribution >= 0.6 is 39.9 Å². The van der Waals surface area contributed by atoms with Gasteiger partial charge in [0.25, 0.3) is 0 Å². The number of rotatable bonds is 1. The summed E-state index contributed by atoms with van der Waals surface area (Å²) in [6.07, 6.45) is 0. The lowest BCUT2D eigenvalue weighted by atomic mass is 10.1. The fraction of sp³-hybridized carbons (Fsp3) is 0.200. The summed E-state index contributed by atoms with van der Waals surface area (Å²) < 4.78 is 1.36. The number of benzene rings is 1. The van der Waals surface area contributed by atoms with Crippen LogP contribution in [-0.2, 0) is 5.33 Å². The summed E-state index contributed by atoms with van der Waals surface area (Å²) in [7, 11) is 0. The first-order chi connectivity index (χ1) is 6.24. The van der Waals surface area contributed by atoms with Crippen molar-refractivity contribution in [1.29, 1.82) is 0 Å². The molecule has 13 heavy (non-hydrogen) atoms. The molecule has 1 aromatic heterocycles. The van der Waals surface area contributed by atoms with Crippen LogP contribution < -0.4 is 0 Å². The fourth-order valence-electron chi connectivity index (χ4n) is 1.45. The first kappa shape index (κ1) is 9.56. The predicted molar refractivity (Wildman–Crippen MR) is 66.4 cm³/mol. The smallest absolute Gasteiger partial charge is 0.0386 e. The second-order valence-corrected chi connectivity index (χ2v) is 4.92. The minimum absolute atomic E-state index is 0.897. The van der Waals surface area contributed by atoms with Crippen molar-refractivity contribution in [2.24, 2.45) is 0 Å². The van der Waals surface area contributed by atoms with Gasteiger partial charge in [-0.25, -0.2) is 0 Å². The van der Waals surface area contributed by atoms with Gasteiger partial charge in [-0.05, 0) is 18.1 Å². The van der Waals surface area contributed by atoms with Gasteiger partial charge in [-0.3, -0.25) is 0 Å². The first-order valence-electron chi connectivity index (χ1n) is 3.98. The molecule has 0 bridgehead atoms. The molecule has 0 N–H and O–H groups in total. The summed E-state index contributed by atoms with van der Waals surface area (Å²) >= 11 is 9.73. The molecular weight excluding hydrogens is 264 g/mol. The highest BCUT2D eigenvalue weighted by molar-refractivity contribution is 9.08. The van der Waals surface area contributed by atoms with Gasteiger partial charge in [-0.15, -0.1) is 24.0 Å². The van der Waals surface area contributed by atoms with E-state index >= 15 is 0 Å². The number of alkyl halides is 1. The number of hydrogen-bond acceptors (Lipinski definition) is 2. The lowest BCUT2D eigenvalue weighted by Gasteiger charge is -2.02. The van der Waals surface area contributed by atoms with Crippen molar-refractivity contribution in [2.75, 3.05) is 0 Å². The summed E-state index contributed by atoms with van der Waals surface area (Å²) in [6, 6.07) is 4.33. The Hall–Kier alpha value is 0.01000. The molecule has 3 heteroatoms. The van der Waals surface area contributed by atoms with Crippen molar-refractivity contribution < 1.29 is 0 Å².